The monoisotopic (exact) mass is 353 g/mol. The van der Waals surface area contributed by atoms with Crippen molar-refractivity contribution in [2.45, 2.75) is 12.8 Å². The first-order chi connectivity index (χ1) is 12.8. The van der Waals surface area contributed by atoms with Crippen LogP contribution in [0, 0.1) is 0 Å². The first-order valence-electron chi connectivity index (χ1n) is 8.82. The molecule has 0 saturated carbocycles. The van der Waals surface area contributed by atoms with E-state index in [-0.39, 0.29) is 6.10 Å². The number of methoxy groups -OCH3 is 1. The largest absolute Gasteiger partial charge is 0.497 e. The second-order valence-corrected chi connectivity index (χ2v) is 6.40. The lowest BCUT2D eigenvalue weighted by molar-refractivity contribution is -0.0562. The van der Waals surface area contributed by atoms with Crippen LogP contribution in [-0.2, 0) is 11.4 Å². The molecule has 3 heterocycles. The van der Waals surface area contributed by atoms with Crippen LogP contribution in [0.5, 0.6) is 11.5 Å². The van der Waals surface area contributed by atoms with Gasteiger partial charge in [-0.1, -0.05) is 0 Å². The summed E-state index contributed by atoms with van der Waals surface area (Å²) >= 11 is 0. The zero-order valence-electron chi connectivity index (χ0n) is 14.9. The van der Waals surface area contributed by atoms with Crippen LogP contribution >= 0.6 is 0 Å². The summed E-state index contributed by atoms with van der Waals surface area (Å²) in [7, 11) is 1.66. The molecule has 6 nitrogen and oxygen atoms in total. The minimum absolute atomic E-state index is 0.0561. The molecule has 1 aliphatic rings. The fraction of sp³-hybridized carbons (Fsp3) is 0.350. The van der Waals surface area contributed by atoms with Gasteiger partial charge in [-0.15, -0.1) is 0 Å². The molecule has 0 spiro atoms. The Morgan fingerprint density at radius 2 is 2.00 bits per heavy atom. The van der Waals surface area contributed by atoms with Gasteiger partial charge in [0.1, 0.15) is 29.9 Å². The smallest absolute Gasteiger partial charge is 0.140 e. The lowest BCUT2D eigenvalue weighted by Crippen LogP contribution is -2.45. The Bertz CT molecular complexity index is 847. The van der Waals surface area contributed by atoms with Crippen molar-refractivity contribution >= 4 is 11.0 Å². The summed E-state index contributed by atoms with van der Waals surface area (Å²) in [5, 5.41) is 1.17. The molecule has 136 valence electrons. The fourth-order valence-electron chi connectivity index (χ4n) is 3.22. The van der Waals surface area contributed by atoms with Gasteiger partial charge in [0.05, 0.1) is 20.4 Å². The second kappa shape index (κ2) is 7.76. The minimum Gasteiger partial charge on any atom is -0.497 e. The van der Waals surface area contributed by atoms with Gasteiger partial charge in [-0.05, 0) is 42.5 Å². The molecule has 26 heavy (non-hydrogen) atoms. The molecule has 1 fully saturated rings. The summed E-state index contributed by atoms with van der Waals surface area (Å²) in [5.41, 5.74) is 1.02. The first-order valence-corrected chi connectivity index (χ1v) is 8.82. The topological polar surface area (TPSA) is 48.8 Å². The second-order valence-electron chi connectivity index (χ2n) is 6.40. The number of ether oxygens (including phenoxy) is 3. The van der Waals surface area contributed by atoms with Crippen molar-refractivity contribution in [3.63, 3.8) is 0 Å². The molecule has 0 radical (unpaired) electrons. The highest BCUT2D eigenvalue weighted by Gasteiger charge is 2.21. The Morgan fingerprint density at radius 3 is 2.85 bits per heavy atom. The first kappa shape index (κ1) is 16.9. The molecule has 0 N–H and O–H groups in total. The number of morpholine rings is 1. The summed E-state index contributed by atoms with van der Waals surface area (Å²) in [5.74, 6) is 1.65. The summed E-state index contributed by atoms with van der Waals surface area (Å²) in [6, 6.07) is 13.8. The summed E-state index contributed by atoms with van der Waals surface area (Å²) in [6.07, 6.45) is 3.99. The molecule has 3 aromatic rings. The molecule has 1 aliphatic heterocycles. The van der Waals surface area contributed by atoms with E-state index in [1.807, 2.05) is 36.5 Å². The van der Waals surface area contributed by atoms with Gasteiger partial charge in [0.15, 0.2) is 0 Å². The highest BCUT2D eigenvalue weighted by atomic mass is 16.5. The van der Waals surface area contributed by atoms with Crippen LogP contribution in [-0.4, -0.2) is 54.0 Å². The maximum atomic E-state index is 5.87. The number of nitrogens with zero attached hydrogens (tertiary/aromatic N) is 3. The molecule has 1 saturated heterocycles. The Kier molecular flexibility index (Phi) is 5.04. The molecule has 2 aromatic heterocycles. The number of pyridine rings is 1. The Hall–Kier alpha value is -2.57. The van der Waals surface area contributed by atoms with Crippen LogP contribution in [0.15, 0.2) is 54.9 Å². The van der Waals surface area contributed by atoms with Crippen molar-refractivity contribution in [1.82, 2.24) is 14.5 Å². The number of aromatic nitrogens is 2. The SMILES string of the molecule is COc1ccc(OCC2CN(Cn3ccc4cccnc43)CCO2)cc1. The third-order valence-corrected chi connectivity index (χ3v) is 4.59. The van der Waals surface area contributed by atoms with Crippen molar-refractivity contribution in [3.05, 3.63) is 54.9 Å². The fourth-order valence-corrected chi connectivity index (χ4v) is 3.22. The Labute approximate surface area is 152 Å². The van der Waals surface area contributed by atoms with E-state index in [1.165, 1.54) is 5.39 Å². The molecule has 4 rings (SSSR count). The van der Waals surface area contributed by atoms with E-state index >= 15 is 0 Å². The van der Waals surface area contributed by atoms with E-state index in [9.17, 15) is 0 Å². The van der Waals surface area contributed by atoms with E-state index in [0.29, 0.717) is 13.2 Å². The number of benzene rings is 1. The van der Waals surface area contributed by atoms with Gasteiger partial charge < -0.3 is 18.8 Å². The van der Waals surface area contributed by atoms with E-state index in [2.05, 4.69) is 32.8 Å². The third kappa shape index (κ3) is 3.81. The number of fused-ring (bicyclic) bond motifs is 1. The van der Waals surface area contributed by atoms with E-state index in [1.54, 1.807) is 7.11 Å². The molecular formula is C20H23N3O3. The highest BCUT2D eigenvalue weighted by molar-refractivity contribution is 5.75. The zero-order valence-corrected chi connectivity index (χ0v) is 14.9. The zero-order chi connectivity index (χ0) is 17.8. The normalized spacial score (nSPS) is 18.1. The van der Waals surface area contributed by atoms with E-state index in [4.69, 9.17) is 14.2 Å². The average Bonchev–Trinajstić information content (AvgIpc) is 3.10. The van der Waals surface area contributed by atoms with E-state index < -0.39 is 0 Å². The predicted molar refractivity (Wildman–Crippen MR) is 99.5 cm³/mol. The van der Waals surface area contributed by atoms with Crippen molar-refractivity contribution in [3.8, 4) is 11.5 Å². The van der Waals surface area contributed by atoms with Crippen LogP contribution in [0.25, 0.3) is 11.0 Å². The van der Waals surface area contributed by atoms with Crippen LogP contribution < -0.4 is 9.47 Å². The van der Waals surface area contributed by atoms with Crippen LogP contribution in [0.1, 0.15) is 0 Å². The van der Waals surface area contributed by atoms with Gasteiger partial charge in [0.2, 0.25) is 0 Å². The predicted octanol–water partition coefficient (Wildman–Crippen LogP) is 2.78. The lowest BCUT2D eigenvalue weighted by Gasteiger charge is -2.33. The molecule has 0 aliphatic carbocycles. The van der Waals surface area contributed by atoms with Crippen molar-refractivity contribution in [2.75, 3.05) is 33.4 Å². The maximum absolute atomic E-state index is 5.87. The standard InChI is InChI=1S/C20H23N3O3/c1-24-17-4-6-18(7-5-17)26-14-19-13-22(11-12-25-19)15-23-10-8-16-3-2-9-21-20(16)23/h2-10,19H,11-15H2,1H3. The molecular weight excluding hydrogens is 330 g/mol. The van der Waals surface area contributed by atoms with Crippen LogP contribution in [0.4, 0.5) is 0 Å². The summed E-state index contributed by atoms with van der Waals surface area (Å²) in [6.45, 7) is 3.80. The molecule has 1 atom stereocenters. The summed E-state index contributed by atoms with van der Waals surface area (Å²) in [4.78, 5) is 6.86. The number of hydrogen-bond acceptors (Lipinski definition) is 5. The van der Waals surface area contributed by atoms with Crippen molar-refractivity contribution < 1.29 is 14.2 Å². The third-order valence-electron chi connectivity index (χ3n) is 4.59. The quantitative estimate of drug-likeness (QED) is 0.682. The van der Waals surface area contributed by atoms with Crippen LogP contribution in [0.2, 0.25) is 0 Å². The lowest BCUT2D eigenvalue weighted by atomic mass is 10.3. The highest BCUT2D eigenvalue weighted by Crippen LogP contribution is 2.18. The molecule has 1 unspecified atom stereocenters. The van der Waals surface area contributed by atoms with Gasteiger partial charge in [-0.3, -0.25) is 4.90 Å². The molecule has 1 aromatic carbocycles. The van der Waals surface area contributed by atoms with E-state index in [0.717, 1.165) is 36.9 Å². The van der Waals surface area contributed by atoms with Gasteiger partial charge in [0.25, 0.3) is 0 Å². The maximum Gasteiger partial charge on any atom is 0.140 e. The minimum atomic E-state index is 0.0561. The number of rotatable bonds is 6. The average molecular weight is 353 g/mol. The Morgan fingerprint density at radius 1 is 1.15 bits per heavy atom. The molecule has 6 heteroatoms. The van der Waals surface area contributed by atoms with Crippen LogP contribution in [0.3, 0.4) is 0 Å². The van der Waals surface area contributed by atoms with Gasteiger partial charge in [-0.25, -0.2) is 4.98 Å². The number of hydrogen-bond donors (Lipinski definition) is 0. The molecule has 0 bridgehead atoms. The van der Waals surface area contributed by atoms with Gasteiger partial charge >= 0.3 is 0 Å². The Balaban J connectivity index is 1.33. The summed E-state index contributed by atoms with van der Waals surface area (Å²) < 4.78 is 19.1. The van der Waals surface area contributed by atoms with Gasteiger partial charge in [0, 0.05) is 30.9 Å². The van der Waals surface area contributed by atoms with Crippen molar-refractivity contribution in [2.24, 2.45) is 0 Å². The van der Waals surface area contributed by atoms with Crippen molar-refractivity contribution in [1.29, 1.82) is 0 Å². The van der Waals surface area contributed by atoms with Gasteiger partial charge in [-0.2, -0.15) is 0 Å². The molecule has 0 amide bonds.